The van der Waals surface area contributed by atoms with Gasteiger partial charge in [-0.3, -0.25) is 9.98 Å². The SMILES string of the molecule is COc1cccc(C=Nc2ccc(C)c(N=Cc3cccc(OC)c3O)c2)c1O. The lowest BCUT2D eigenvalue weighted by molar-refractivity contribution is 0.373. The molecule has 0 aliphatic rings. The van der Waals surface area contributed by atoms with Crippen molar-refractivity contribution in [3.05, 3.63) is 71.3 Å². The van der Waals surface area contributed by atoms with E-state index in [9.17, 15) is 10.2 Å². The average molecular weight is 390 g/mol. The molecule has 0 atom stereocenters. The summed E-state index contributed by atoms with van der Waals surface area (Å²) in [5.41, 5.74) is 3.47. The molecule has 6 heteroatoms. The molecule has 0 unspecified atom stereocenters. The molecule has 3 aromatic carbocycles. The number of aryl methyl sites for hydroxylation is 1. The van der Waals surface area contributed by atoms with Gasteiger partial charge in [0.25, 0.3) is 0 Å². The molecule has 0 aliphatic carbocycles. The summed E-state index contributed by atoms with van der Waals surface area (Å²) in [6.07, 6.45) is 3.16. The van der Waals surface area contributed by atoms with Crippen molar-refractivity contribution in [3.8, 4) is 23.0 Å². The van der Waals surface area contributed by atoms with Gasteiger partial charge in [-0.05, 0) is 48.9 Å². The third-order valence-corrected chi connectivity index (χ3v) is 4.39. The molecule has 148 valence electrons. The summed E-state index contributed by atoms with van der Waals surface area (Å²) >= 11 is 0. The molecule has 3 aromatic rings. The maximum Gasteiger partial charge on any atom is 0.166 e. The molecule has 0 fully saturated rings. The molecular formula is C23H22N2O4. The van der Waals surface area contributed by atoms with E-state index in [4.69, 9.17) is 9.47 Å². The van der Waals surface area contributed by atoms with Crippen molar-refractivity contribution in [3.63, 3.8) is 0 Å². The molecule has 0 spiro atoms. The number of nitrogens with zero attached hydrogens (tertiary/aromatic N) is 2. The van der Waals surface area contributed by atoms with Crippen LogP contribution in [0, 0.1) is 6.92 Å². The zero-order valence-corrected chi connectivity index (χ0v) is 16.5. The summed E-state index contributed by atoms with van der Waals surface area (Å²) in [6.45, 7) is 1.94. The van der Waals surface area contributed by atoms with E-state index >= 15 is 0 Å². The minimum atomic E-state index is 0.0395. The summed E-state index contributed by atoms with van der Waals surface area (Å²) < 4.78 is 10.2. The highest BCUT2D eigenvalue weighted by Crippen LogP contribution is 2.31. The number of benzene rings is 3. The fourth-order valence-corrected chi connectivity index (χ4v) is 2.72. The Hall–Kier alpha value is -3.80. The molecule has 2 N–H and O–H groups in total. The highest BCUT2D eigenvalue weighted by atomic mass is 16.5. The third-order valence-electron chi connectivity index (χ3n) is 4.39. The van der Waals surface area contributed by atoms with Gasteiger partial charge in [-0.2, -0.15) is 0 Å². The Labute approximate surface area is 169 Å². The van der Waals surface area contributed by atoms with Crippen LogP contribution in [0.5, 0.6) is 23.0 Å². The second-order valence-corrected chi connectivity index (χ2v) is 6.28. The summed E-state index contributed by atoms with van der Waals surface area (Å²) in [5.74, 6) is 0.861. The topological polar surface area (TPSA) is 83.6 Å². The standard InChI is InChI=1S/C23H22N2O4/c1-15-10-11-18(24-13-16-6-4-8-20(28-2)22(16)26)12-19(15)25-14-17-7-5-9-21(29-3)23(17)27/h4-14,26-27H,1-3H3. The third kappa shape index (κ3) is 4.55. The number of hydrogen-bond acceptors (Lipinski definition) is 6. The van der Waals surface area contributed by atoms with Crippen LogP contribution >= 0.6 is 0 Å². The normalized spacial score (nSPS) is 11.3. The van der Waals surface area contributed by atoms with Gasteiger partial charge in [-0.15, -0.1) is 0 Å². The molecule has 0 amide bonds. The number of para-hydroxylation sites is 2. The van der Waals surface area contributed by atoms with Crippen molar-refractivity contribution in [2.45, 2.75) is 6.92 Å². The van der Waals surface area contributed by atoms with Crippen molar-refractivity contribution in [1.29, 1.82) is 0 Å². The van der Waals surface area contributed by atoms with Crippen molar-refractivity contribution in [2.24, 2.45) is 9.98 Å². The number of aliphatic imine (C=N–C) groups is 2. The van der Waals surface area contributed by atoms with Gasteiger partial charge >= 0.3 is 0 Å². The largest absolute Gasteiger partial charge is 0.504 e. The van der Waals surface area contributed by atoms with Crippen molar-refractivity contribution < 1.29 is 19.7 Å². The monoisotopic (exact) mass is 390 g/mol. The average Bonchev–Trinajstić information content (AvgIpc) is 2.74. The number of ether oxygens (including phenoxy) is 2. The second-order valence-electron chi connectivity index (χ2n) is 6.28. The summed E-state index contributed by atoms with van der Waals surface area (Å²) in [7, 11) is 3.00. The molecule has 0 bridgehead atoms. The molecule has 0 heterocycles. The molecular weight excluding hydrogens is 368 g/mol. The van der Waals surface area contributed by atoms with E-state index in [2.05, 4.69) is 9.98 Å². The molecule has 0 saturated carbocycles. The van der Waals surface area contributed by atoms with Gasteiger partial charge in [0, 0.05) is 23.6 Å². The molecule has 0 aliphatic heterocycles. The predicted octanol–water partition coefficient (Wildman–Crippen LogP) is 4.92. The fourth-order valence-electron chi connectivity index (χ4n) is 2.72. The van der Waals surface area contributed by atoms with Crippen molar-refractivity contribution >= 4 is 23.8 Å². The highest BCUT2D eigenvalue weighted by molar-refractivity contribution is 5.88. The van der Waals surface area contributed by atoms with Gasteiger partial charge in [0.05, 0.1) is 25.6 Å². The van der Waals surface area contributed by atoms with Crippen LogP contribution in [0.15, 0.2) is 64.6 Å². The Bertz CT molecular complexity index is 1070. The number of methoxy groups -OCH3 is 2. The van der Waals surface area contributed by atoms with E-state index in [0.29, 0.717) is 28.3 Å². The number of aromatic hydroxyl groups is 2. The van der Waals surface area contributed by atoms with Crippen LogP contribution in [-0.4, -0.2) is 36.9 Å². The van der Waals surface area contributed by atoms with E-state index in [0.717, 1.165) is 11.3 Å². The van der Waals surface area contributed by atoms with E-state index in [1.165, 1.54) is 14.2 Å². The quantitative estimate of drug-likeness (QED) is 0.585. The molecule has 3 rings (SSSR count). The van der Waals surface area contributed by atoms with Crippen LogP contribution in [-0.2, 0) is 0 Å². The minimum Gasteiger partial charge on any atom is -0.504 e. The van der Waals surface area contributed by atoms with Crippen LogP contribution < -0.4 is 9.47 Å². The van der Waals surface area contributed by atoms with Crippen molar-refractivity contribution in [1.82, 2.24) is 0 Å². The van der Waals surface area contributed by atoms with Crippen LogP contribution in [0.3, 0.4) is 0 Å². The Morgan fingerprint density at radius 3 is 1.86 bits per heavy atom. The van der Waals surface area contributed by atoms with Gasteiger partial charge in [0.2, 0.25) is 0 Å². The molecule has 0 aromatic heterocycles. The molecule has 0 saturated heterocycles. The van der Waals surface area contributed by atoms with E-state index in [1.54, 1.807) is 48.8 Å². The van der Waals surface area contributed by atoms with Crippen LogP contribution in [0.25, 0.3) is 0 Å². The first-order chi connectivity index (χ1) is 14.0. The first kappa shape index (κ1) is 19.9. The lowest BCUT2D eigenvalue weighted by Crippen LogP contribution is -1.88. The molecule has 6 nitrogen and oxygen atoms in total. The lowest BCUT2D eigenvalue weighted by Gasteiger charge is -2.06. The number of phenols is 2. The molecule has 29 heavy (non-hydrogen) atoms. The van der Waals surface area contributed by atoms with Gasteiger partial charge < -0.3 is 19.7 Å². The first-order valence-corrected chi connectivity index (χ1v) is 8.94. The zero-order valence-electron chi connectivity index (χ0n) is 16.5. The lowest BCUT2D eigenvalue weighted by atomic mass is 10.1. The highest BCUT2D eigenvalue weighted by Gasteiger charge is 2.07. The van der Waals surface area contributed by atoms with Gasteiger partial charge in [-0.1, -0.05) is 18.2 Å². The van der Waals surface area contributed by atoms with Crippen LogP contribution in [0.1, 0.15) is 16.7 Å². The Kier molecular flexibility index (Phi) is 6.14. The molecule has 0 radical (unpaired) electrons. The fraction of sp³-hybridized carbons (Fsp3) is 0.130. The summed E-state index contributed by atoms with van der Waals surface area (Å²) in [5, 5.41) is 20.4. The number of phenolic OH excluding ortho intramolecular Hbond substituents is 2. The van der Waals surface area contributed by atoms with Crippen molar-refractivity contribution in [2.75, 3.05) is 14.2 Å². The van der Waals surface area contributed by atoms with E-state index in [1.807, 2.05) is 25.1 Å². The zero-order chi connectivity index (χ0) is 20.8. The Balaban J connectivity index is 1.87. The first-order valence-electron chi connectivity index (χ1n) is 8.94. The van der Waals surface area contributed by atoms with Crippen LogP contribution in [0.4, 0.5) is 11.4 Å². The Morgan fingerprint density at radius 1 is 0.759 bits per heavy atom. The predicted molar refractivity (Wildman–Crippen MR) is 115 cm³/mol. The van der Waals surface area contributed by atoms with Crippen LogP contribution in [0.2, 0.25) is 0 Å². The smallest absolute Gasteiger partial charge is 0.166 e. The van der Waals surface area contributed by atoms with Gasteiger partial charge in [-0.25, -0.2) is 0 Å². The minimum absolute atomic E-state index is 0.0395. The Morgan fingerprint density at radius 2 is 1.31 bits per heavy atom. The van der Waals surface area contributed by atoms with Gasteiger partial charge in [0.1, 0.15) is 0 Å². The maximum atomic E-state index is 10.2. The maximum absolute atomic E-state index is 10.2. The number of hydrogen-bond donors (Lipinski definition) is 2. The van der Waals surface area contributed by atoms with E-state index in [-0.39, 0.29) is 11.5 Å². The summed E-state index contributed by atoms with van der Waals surface area (Å²) in [6, 6.07) is 16.0. The second kappa shape index (κ2) is 8.93. The van der Waals surface area contributed by atoms with Gasteiger partial charge in [0.15, 0.2) is 23.0 Å². The summed E-state index contributed by atoms with van der Waals surface area (Å²) in [4.78, 5) is 8.92. The van der Waals surface area contributed by atoms with E-state index < -0.39 is 0 Å². The number of rotatable bonds is 6.